The molecule has 0 spiro atoms. The SMILES string of the molecule is COc1ccccc1S(=O)(=O)c1ccc(CCC(=O)c2cnc3nccn3c2)cc1. The van der Waals surface area contributed by atoms with Crippen LogP contribution in [-0.4, -0.2) is 35.7 Å². The van der Waals surface area contributed by atoms with Gasteiger partial charge in [-0.05, 0) is 36.2 Å². The number of aromatic nitrogens is 3. The predicted molar refractivity (Wildman–Crippen MR) is 111 cm³/mol. The van der Waals surface area contributed by atoms with Gasteiger partial charge in [-0.2, -0.15) is 0 Å². The molecule has 0 N–H and O–H groups in total. The third kappa shape index (κ3) is 3.81. The number of ether oxygens (including phenoxy) is 1. The van der Waals surface area contributed by atoms with E-state index in [1.165, 1.54) is 19.4 Å². The summed E-state index contributed by atoms with van der Waals surface area (Å²) in [5, 5.41) is 0. The van der Waals surface area contributed by atoms with Gasteiger partial charge in [0, 0.05) is 31.2 Å². The zero-order valence-electron chi connectivity index (χ0n) is 16.2. The van der Waals surface area contributed by atoms with Crippen molar-refractivity contribution in [2.75, 3.05) is 7.11 Å². The lowest BCUT2D eigenvalue weighted by atomic mass is 10.0. The molecule has 2 aromatic heterocycles. The van der Waals surface area contributed by atoms with E-state index >= 15 is 0 Å². The van der Waals surface area contributed by atoms with E-state index in [9.17, 15) is 13.2 Å². The Morgan fingerprint density at radius 1 is 1.07 bits per heavy atom. The van der Waals surface area contributed by atoms with Crippen molar-refractivity contribution < 1.29 is 17.9 Å². The molecule has 0 aliphatic carbocycles. The predicted octanol–water partition coefficient (Wildman–Crippen LogP) is 3.39. The zero-order chi connectivity index (χ0) is 21.1. The highest BCUT2D eigenvalue weighted by Gasteiger charge is 2.21. The van der Waals surface area contributed by atoms with Crippen molar-refractivity contribution in [1.82, 2.24) is 14.4 Å². The highest BCUT2D eigenvalue weighted by Crippen LogP contribution is 2.29. The van der Waals surface area contributed by atoms with E-state index in [0.29, 0.717) is 29.9 Å². The number of nitrogens with zero attached hydrogens (tertiary/aromatic N) is 3. The maximum Gasteiger partial charge on any atom is 0.233 e. The lowest BCUT2D eigenvalue weighted by Gasteiger charge is -2.10. The number of rotatable bonds is 7. The van der Waals surface area contributed by atoms with Crippen LogP contribution in [0.15, 0.2) is 83.1 Å². The van der Waals surface area contributed by atoms with E-state index in [-0.39, 0.29) is 15.6 Å². The summed E-state index contributed by atoms with van der Waals surface area (Å²) in [7, 11) is -2.26. The number of imidazole rings is 1. The molecule has 0 radical (unpaired) electrons. The minimum Gasteiger partial charge on any atom is -0.495 e. The van der Waals surface area contributed by atoms with Gasteiger partial charge in [-0.3, -0.25) is 9.20 Å². The Bertz CT molecular complexity index is 1310. The standard InChI is InChI=1S/C22H19N3O4S/c1-29-20-4-2-3-5-21(20)30(27,28)18-9-6-16(7-10-18)8-11-19(26)17-14-24-22-23-12-13-25(22)15-17/h2-7,9-10,12-15H,8,11H2,1H3. The minimum atomic E-state index is -3.70. The number of Topliss-reactive ketones (excluding diaryl/α,β-unsaturated/α-hetero) is 1. The van der Waals surface area contributed by atoms with Crippen molar-refractivity contribution in [3.05, 3.63) is 84.4 Å². The van der Waals surface area contributed by atoms with Gasteiger partial charge in [0.05, 0.1) is 17.6 Å². The maximum absolute atomic E-state index is 12.9. The number of benzene rings is 2. The number of ketones is 1. The largest absolute Gasteiger partial charge is 0.495 e. The topological polar surface area (TPSA) is 90.6 Å². The molecule has 2 aromatic carbocycles. The maximum atomic E-state index is 12.9. The average molecular weight is 421 g/mol. The van der Waals surface area contributed by atoms with Crippen molar-refractivity contribution >= 4 is 21.4 Å². The fourth-order valence-corrected chi connectivity index (χ4v) is 4.59. The molecule has 0 bridgehead atoms. The van der Waals surface area contributed by atoms with Crippen LogP contribution in [0, 0.1) is 0 Å². The monoisotopic (exact) mass is 421 g/mol. The highest BCUT2D eigenvalue weighted by atomic mass is 32.2. The lowest BCUT2D eigenvalue weighted by molar-refractivity contribution is 0.0982. The van der Waals surface area contributed by atoms with Crippen LogP contribution in [0.3, 0.4) is 0 Å². The average Bonchev–Trinajstić information content (AvgIpc) is 3.25. The number of para-hydroxylation sites is 1. The molecule has 0 fully saturated rings. The van der Waals surface area contributed by atoms with Gasteiger partial charge in [0.25, 0.3) is 0 Å². The Morgan fingerprint density at radius 2 is 1.83 bits per heavy atom. The molecule has 8 heteroatoms. The van der Waals surface area contributed by atoms with Gasteiger partial charge < -0.3 is 4.74 Å². The fraction of sp³-hybridized carbons (Fsp3) is 0.136. The van der Waals surface area contributed by atoms with E-state index in [0.717, 1.165) is 5.56 Å². The molecule has 30 heavy (non-hydrogen) atoms. The smallest absolute Gasteiger partial charge is 0.233 e. The normalized spacial score (nSPS) is 11.5. The number of fused-ring (bicyclic) bond motifs is 1. The molecule has 0 saturated carbocycles. The first-order chi connectivity index (χ1) is 14.5. The minimum absolute atomic E-state index is 0.0381. The van der Waals surface area contributed by atoms with Crippen molar-refractivity contribution in [1.29, 1.82) is 0 Å². The summed E-state index contributed by atoms with van der Waals surface area (Å²) < 4.78 is 32.7. The van der Waals surface area contributed by atoms with E-state index < -0.39 is 9.84 Å². The molecule has 152 valence electrons. The van der Waals surface area contributed by atoms with Crippen LogP contribution in [0.25, 0.3) is 5.78 Å². The zero-order valence-corrected chi connectivity index (χ0v) is 17.0. The Morgan fingerprint density at radius 3 is 2.60 bits per heavy atom. The van der Waals surface area contributed by atoms with Crippen LogP contribution in [0.4, 0.5) is 0 Å². The molecule has 0 aliphatic rings. The molecule has 4 rings (SSSR count). The number of hydrogen-bond acceptors (Lipinski definition) is 6. The van der Waals surface area contributed by atoms with Gasteiger partial charge in [0.2, 0.25) is 15.6 Å². The lowest BCUT2D eigenvalue weighted by Crippen LogP contribution is -2.05. The number of hydrogen-bond donors (Lipinski definition) is 0. The Labute approximate surface area is 173 Å². The summed E-state index contributed by atoms with van der Waals surface area (Å²) >= 11 is 0. The summed E-state index contributed by atoms with van der Waals surface area (Å²) in [6.07, 6.45) is 7.38. The van der Waals surface area contributed by atoms with Crippen molar-refractivity contribution in [2.24, 2.45) is 0 Å². The number of carbonyl (C=O) groups is 1. The first-order valence-corrected chi connectivity index (χ1v) is 10.8. The summed E-state index contributed by atoms with van der Waals surface area (Å²) in [5.74, 6) is 0.804. The fourth-order valence-electron chi connectivity index (χ4n) is 3.17. The second kappa shape index (κ2) is 8.08. The van der Waals surface area contributed by atoms with Crippen LogP contribution in [-0.2, 0) is 16.3 Å². The summed E-state index contributed by atoms with van der Waals surface area (Å²) in [6, 6.07) is 13.1. The van der Waals surface area contributed by atoms with Crippen molar-refractivity contribution in [3.8, 4) is 5.75 Å². The molecule has 0 aliphatic heterocycles. The molecular weight excluding hydrogens is 402 g/mol. The van der Waals surface area contributed by atoms with E-state index in [1.54, 1.807) is 65.5 Å². The summed E-state index contributed by atoms with van der Waals surface area (Å²) in [5.41, 5.74) is 1.38. The van der Waals surface area contributed by atoms with Gasteiger partial charge in [-0.15, -0.1) is 0 Å². The van der Waals surface area contributed by atoms with Crippen LogP contribution < -0.4 is 4.74 Å². The van der Waals surface area contributed by atoms with E-state index in [1.807, 2.05) is 0 Å². The van der Waals surface area contributed by atoms with Gasteiger partial charge in [-0.1, -0.05) is 24.3 Å². The first kappa shape index (κ1) is 19.8. The van der Waals surface area contributed by atoms with Gasteiger partial charge in [-0.25, -0.2) is 18.4 Å². The Hall–Kier alpha value is -3.52. The van der Waals surface area contributed by atoms with Gasteiger partial charge in [0.1, 0.15) is 10.6 Å². The molecule has 0 amide bonds. The Balaban J connectivity index is 1.47. The highest BCUT2D eigenvalue weighted by molar-refractivity contribution is 7.91. The molecule has 0 saturated heterocycles. The second-order valence-corrected chi connectivity index (χ2v) is 8.62. The van der Waals surface area contributed by atoms with Crippen LogP contribution in [0.2, 0.25) is 0 Å². The number of aryl methyl sites for hydroxylation is 1. The third-order valence-electron chi connectivity index (χ3n) is 4.80. The molecule has 4 aromatic rings. The molecular formula is C22H19N3O4S. The molecule has 7 nitrogen and oxygen atoms in total. The molecule has 0 atom stereocenters. The second-order valence-electron chi connectivity index (χ2n) is 6.70. The van der Waals surface area contributed by atoms with Gasteiger partial charge in [0.15, 0.2) is 5.78 Å². The van der Waals surface area contributed by atoms with Crippen molar-refractivity contribution in [3.63, 3.8) is 0 Å². The number of carbonyl (C=O) groups excluding carboxylic acids is 1. The van der Waals surface area contributed by atoms with Gasteiger partial charge >= 0.3 is 0 Å². The number of methoxy groups -OCH3 is 1. The van der Waals surface area contributed by atoms with E-state index in [2.05, 4.69) is 9.97 Å². The Kier molecular flexibility index (Phi) is 5.33. The third-order valence-corrected chi connectivity index (χ3v) is 6.61. The van der Waals surface area contributed by atoms with Crippen LogP contribution in [0.1, 0.15) is 22.3 Å². The number of sulfone groups is 1. The molecule has 2 heterocycles. The van der Waals surface area contributed by atoms with Crippen LogP contribution >= 0.6 is 0 Å². The van der Waals surface area contributed by atoms with Crippen LogP contribution in [0.5, 0.6) is 5.75 Å². The van der Waals surface area contributed by atoms with E-state index in [4.69, 9.17) is 4.74 Å². The summed E-state index contributed by atoms with van der Waals surface area (Å²) in [6.45, 7) is 0. The quantitative estimate of drug-likeness (QED) is 0.425. The molecule has 0 unspecified atom stereocenters. The first-order valence-electron chi connectivity index (χ1n) is 9.28. The van der Waals surface area contributed by atoms with Crippen molar-refractivity contribution in [2.45, 2.75) is 22.6 Å². The summed E-state index contributed by atoms with van der Waals surface area (Å²) in [4.78, 5) is 21.0.